The average Bonchev–Trinajstić information content (AvgIpc) is 3.01. The highest BCUT2D eigenvalue weighted by atomic mass is 32.1. The monoisotopic (exact) mass is 333 g/mol. The largest absolute Gasteiger partial charge is 0.369 e. The molecule has 23 heavy (non-hydrogen) atoms. The second-order valence-electron chi connectivity index (χ2n) is 5.81. The van der Waals surface area contributed by atoms with Gasteiger partial charge in [-0.15, -0.1) is 0 Å². The number of nitrogens with two attached hydrogens (primary N) is 1. The molecule has 3 N–H and O–H groups in total. The molecule has 8 heteroatoms. The second kappa shape index (κ2) is 7.01. The van der Waals surface area contributed by atoms with Gasteiger partial charge in [0.1, 0.15) is 11.0 Å². The number of benzene rings is 1. The van der Waals surface area contributed by atoms with Crippen molar-refractivity contribution in [3.8, 4) is 0 Å². The van der Waals surface area contributed by atoms with E-state index in [-0.39, 0.29) is 24.3 Å². The molecule has 0 spiro atoms. The summed E-state index contributed by atoms with van der Waals surface area (Å²) in [5.74, 6) is -0.441. The highest BCUT2D eigenvalue weighted by Gasteiger charge is 2.26. The molecule has 1 fully saturated rings. The van der Waals surface area contributed by atoms with Crippen LogP contribution in [0, 0.1) is 5.92 Å². The second-order valence-corrected chi connectivity index (χ2v) is 6.34. The molecule has 2 amide bonds. The molecule has 1 aromatic heterocycles. The Labute approximate surface area is 138 Å². The summed E-state index contributed by atoms with van der Waals surface area (Å²) in [4.78, 5) is 25.4. The zero-order valence-corrected chi connectivity index (χ0v) is 13.5. The molecule has 7 nitrogen and oxygen atoms in total. The number of hydrogen-bond donors (Lipinski definition) is 2. The molecule has 1 aromatic carbocycles. The quantitative estimate of drug-likeness (QED) is 0.830. The summed E-state index contributed by atoms with van der Waals surface area (Å²) in [7, 11) is 0. The number of piperidine rings is 1. The lowest BCUT2D eigenvalue weighted by molar-refractivity contribution is -0.128. The van der Waals surface area contributed by atoms with Crippen molar-refractivity contribution in [2.45, 2.75) is 19.4 Å². The predicted molar refractivity (Wildman–Crippen MR) is 87.6 cm³/mol. The van der Waals surface area contributed by atoms with Crippen LogP contribution in [0.25, 0.3) is 11.0 Å². The fourth-order valence-electron chi connectivity index (χ4n) is 2.96. The summed E-state index contributed by atoms with van der Waals surface area (Å²) in [6.07, 6.45) is 1.74. The van der Waals surface area contributed by atoms with Crippen LogP contribution in [0.4, 0.5) is 0 Å². The third-order valence-corrected chi connectivity index (χ3v) is 4.62. The van der Waals surface area contributed by atoms with E-state index in [2.05, 4.69) is 14.1 Å². The third-order valence-electron chi connectivity index (χ3n) is 4.08. The fourth-order valence-corrected chi connectivity index (χ4v) is 3.53. The molecule has 0 bridgehead atoms. The topological polar surface area (TPSA) is 101 Å². The average molecular weight is 333 g/mol. The minimum Gasteiger partial charge on any atom is -0.369 e. The maximum atomic E-state index is 12.4. The number of carbonyl (C=O) groups is 2. The van der Waals surface area contributed by atoms with Gasteiger partial charge in [-0.25, -0.2) is 0 Å². The number of nitrogens with zero attached hydrogens (tertiary/aromatic N) is 3. The Morgan fingerprint density at radius 3 is 3.09 bits per heavy atom. The number of aromatic nitrogens is 2. The van der Waals surface area contributed by atoms with Crippen LogP contribution in [0.5, 0.6) is 0 Å². The Morgan fingerprint density at radius 1 is 1.39 bits per heavy atom. The van der Waals surface area contributed by atoms with Gasteiger partial charge in [-0.1, -0.05) is 12.1 Å². The number of primary amides is 1. The van der Waals surface area contributed by atoms with Gasteiger partial charge in [0, 0.05) is 18.7 Å². The summed E-state index contributed by atoms with van der Waals surface area (Å²) in [5.41, 5.74) is 7.89. The van der Waals surface area contributed by atoms with Crippen molar-refractivity contribution >= 4 is 34.6 Å². The van der Waals surface area contributed by atoms with Crippen molar-refractivity contribution in [2.75, 3.05) is 19.6 Å². The van der Waals surface area contributed by atoms with Gasteiger partial charge in [-0.3, -0.25) is 14.5 Å². The number of rotatable bonds is 5. The number of fused-ring (bicyclic) bond motifs is 1. The van der Waals surface area contributed by atoms with Crippen LogP contribution in [0.15, 0.2) is 18.2 Å². The molecule has 3 rings (SSSR count). The normalized spacial score (nSPS) is 18.9. The maximum Gasteiger partial charge on any atom is 0.231 e. The summed E-state index contributed by atoms with van der Waals surface area (Å²) in [6, 6.07) is 5.78. The molecule has 1 unspecified atom stereocenters. The summed E-state index contributed by atoms with van der Waals surface area (Å²) in [5, 5.41) is 2.98. The van der Waals surface area contributed by atoms with E-state index in [1.807, 2.05) is 23.1 Å². The van der Waals surface area contributed by atoms with E-state index in [1.165, 1.54) is 11.7 Å². The summed E-state index contributed by atoms with van der Waals surface area (Å²) >= 11 is 1.17. The van der Waals surface area contributed by atoms with E-state index in [1.54, 1.807) is 0 Å². The van der Waals surface area contributed by atoms with Crippen LogP contribution < -0.4 is 11.1 Å². The van der Waals surface area contributed by atoms with E-state index >= 15 is 0 Å². The van der Waals surface area contributed by atoms with E-state index in [9.17, 15) is 9.59 Å². The standard InChI is InChI=1S/C15H19N5O2S/c16-13(21)9-20-6-2-4-11(8-20)15(22)17-7-10-3-1-5-12-14(10)19-23-18-12/h1,3,5,11H,2,4,6-9H2,(H2,16,21)(H,17,22). The van der Waals surface area contributed by atoms with Crippen molar-refractivity contribution in [2.24, 2.45) is 11.7 Å². The lowest BCUT2D eigenvalue weighted by Gasteiger charge is -2.30. The number of amides is 2. The Bertz CT molecular complexity index is 717. The minimum atomic E-state index is -0.353. The van der Waals surface area contributed by atoms with Crippen molar-refractivity contribution in [1.29, 1.82) is 0 Å². The van der Waals surface area contributed by atoms with Gasteiger partial charge in [0.2, 0.25) is 11.8 Å². The molecule has 2 heterocycles. The Kier molecular flexibility index (Phi) is 4.82. The lowest BCUT2D eigenvalue weighted by Crippen LogP contribution is -2.45. The smallest absolute Gasteiger partial charge is 0.231 e. The Balaban J connectivity index is 1.58. The molecular formula is C15H19N5O2S. The van der Waals surface area contributed by atoms with Gasteiger partial charge in [-0.2, -0.15) is 8.75 Å². The van der Waals surface area contributed by atoms with Crippen molar-refractivity contribution in [3.63, 3.8) is 0 Å². The van der Waals surface area contributed by atoms with E-state index in [4.69, 9.17) is 5.73 Å². The van der Waals surface area contributed by atoms with E-state index in [0.29, 0.717) is 13.1 Å². The van der Waals surface area contributed by atoms with Crippen LogP contribution in [0.2, 0.25) is 0 Å². The highest BCUT2D eigenvalue weighted by Crippen LogP contribution is 2.18. The van der Waals surface area contributed by atoms with Crippen molar-refractivity contribution in [1.82, 2.24) is 19.0 Å². The van der Waals surface area contributed by atoms with Gasteiger partial charge >= 0.3 is 0 Å². The summed E-state index contributed by atoms with van der Waals surface area (Å²) < 4.78 is 8.47. The number of carbonyl (C=O) groups excluding carboxylic acids is 2. The van der Waals surface area contributed by atoms with Crippen LogP contribution in [0.3, 0.4) is 0 Å². The lowest BCUT2D eigenvalue weighted by atomic mass is 9.97. The molecule has 0 saturated carbocycles. The van der Waals surface area contributed by atoms with Crippen LogP contribution in [-0.4, -0.2) is 45.1 Å². The van der Waals surface area contributed by atoms with Crippen molar-refractivity contribution < 1.29 is 9.59 Å². The zero-order chi connectivity index (χ0) is 16.2. The highest BCUT2D eigenvalue weighted by molar-refractivity contribution is 7.00. The number of hydrogen-bond acceptors (Lipinski definition) is 6. The first-order chi connectivity index (χ1) is 11.1. The van der Waals surface area contributed by atoms with Gasteiger partial charge in [0.05, 0.1) is 24.2 Å². The zero-order valence-electron chi connectivity index (χ0n) is 12.7. The molecule has 0 radical (unpaired) electrons. The molecule has 2 aromatic rings. The third kappa shape index (κ3) is 3.83. The number of nitrogens with one attached hydrogen (secondary N) is 1. The van der Waals surface area contributed by atoms with Crippen molar-refractivity contribution in [3.05, 3.63) is 23.8 Å². The van der Waals surface area contributed by atoms with Gasteiger partial charge in [0.15, 0.2) is 0 Å². The molecule has 0 aliphatic carbocycles. The van der Waals surface area contributed by atoms with Gasteiger partial charge in [0.25, 0.3) is 0 Å². The van der Waals surface area contributed by atoms with E-state index < -0.39 is 0 Å². The predicted octanol–water partition coefficient (Wildman–Crippen LogP) is 0.505. The maximum absolute atomic E-state index is 12.4. The van der Waals surface area contributed by atoms with Crippen LogP contribution in [-0.2, 0) is 16.1 Å². The minimum absolute atomic E-state index is 0.0133. The van der Waals surface area contributed by atoms with Crippen LogP contribution in [0.1, 0.15) is 18.4 Å². The Hall–Kier alpha value is -2.06. The van der Waals surface area contributed by atoms with Crippen LogP contribution >= 0.6 is 11.7 Å². The molecule has 1 aliphatic heterocycles. The SMILES string of the molecule is NC(=O)CN1CCCC(C(=O)NCc2cccc3nsnc23)C1. The first-order valence-corrected chi connectivity index (χ1v) is 8.35. The molecule has 122 valence electrons. The molecule has 1 saturated heterocycles. The van der Waals surface area contributed by atoms with Gasteiger partial charge < -0.3 is 11.1 Å². The first-order valence-electron chi connectivity index (χ1n) is 7.62. The molecule has 1 aliphatic rings. The fraction of sp³-hybridized carbons (Fsp3) is 0.467. The number of likely N-dealkylation sites (tertiary alicyclic amines) is 1. The van der Waals surface area contributed by atoms with E-state index in [0.717, 1.165) is 36.0 Å². The summed E-state index contributed by atoms with van der Waals surface area (Å²) in [6.45, 7) is 2.05. The molecule has 1 atom stereocenters. The Morgan fingerprint density at radius 2 is 2.26 bits per heavy atom. The molecular weight excluding hydrogens is 314 g/mol. The first kappa shape index (κ1) is 15.8. The van der Waals surface area contributed by atoms with Gasteiger partial charge in [-0.05, 0) is 25.5 Å².